The lowest BCUT2D eigenvalue weighted by atomic mass is 10.0. The molecule has 0 bridgehead atoms. The molecule has 2 aromatic rings. The van der Waals surface area contributed by atoms with Crippen LogP contribution in [0.15, 0.2) is 30.3 Å². The van der Waals surface area contributed by atoms with Gasteiger partial charge in [-0.2, -0.15) is 9.63 Å². The van der Waals surface area contributed by atoms with E-state index in [-0.39, 0.29) is 0 Å². The van der Waals surface area contributed by atoms with Gasteiger partial charge in [-0.25, -0.2) is 0 Å². The van der Waals surface area contributed by atoms with Crippen LogP contribution in [-0.4, -0.2) is 24.7 Å². The average molecular weight is 342 g/mol. The molecule has 1 N–H and O–H groups in total. The second-order valence-electron chi connectivity index (χ2n) is 5.89. The number of benzene rings is 2. The van der Waals surface area contributed by atoms with Crippen molar-refractivity contribution in [2.75, 3.05) is 19.5 Å². The average Bonchev–Trinajstić information content (AvgIpc) is 3.12. The number of nitrogens with zero attached hydrogens (tertiary/aromatic N) is 1. The van der Waals surface area contributed by atoms with Crippen molar-refractivity contribution >= 4 is 11.4 Å². The van der Waals surface area contributed by atoms with Gasteiger partial charge in [0.25, 0.3) is 6.17 Å². The Morgan fingerprint density at radius 3 is 2.72 bits per heavy atom. The fourth-order valence-corrected chi connectivity index (χ4v) is 3.21. The number of rotatable bonds is 3. The van der Waals surface area contributed by atoms with Crippen molar-refractivity contribution in [1.29, 1.82) is 0 Å². The van der Waals surface area contributed by atoms with Crippen LogP contribution < -0.4 is 19.7 Å². The van der Waals surface area contributed by atoms with E-state index in [4.69, 9.17) is 19.2 Å². The Balaban J connectivity index is 1.83. The zero-order chi connectivity index (χ0) is 17.6. The number of para-hydroxylation sites is 1. The van der Waals surface area contributed by atoms with E-state index in [0.717, 1.165) is 27.1 Å². The predicted molar refractivity (Wildman–Crippen MR) is 91.2 cm³/mol. The highest BCUT2D eigenvalue weighted by Gasteiger charge is 2.34. The smallest absolute Gasteiger partial charge is 0.266 e. The fourth-order valence-electron chi connectivity index (χ4n) is 3.21. The summed E-state index contributed by atoms with van der Waals surface area (Å²) in [5.41, 5.74) is 3.79. The number of ether oxygens (including phenoxy) is 2. The lowest BCUT2D eigenvalue weighted by Gasteiger charge is -2.28. The van der Waals surface area contributed by atoms with Crippen LogP contribution in [0.5, 0.6) is 17.2 Å². The van der Waals surface area contributed by atoms with E-state index in [0.29, 0.717) is 29.6 Å². The molecule has 0 spiro atoms. The van der Waals surface area contributed by atoms with Crippen LogP contribution in [0, 0.1) is 5.21 Å². The summed E-state index contributed by atoms with van der Waals surface area (Å²) in [6.45, 7) is 2.16. The van der Waals surface area contributed by atoms with Gasteiger partial charge < -0.3 is 24.9 Å². The van der Waals surface area contributed by atoms with E-state index in [9.17, 15) is 5.21 Å². The molecule has 2 aromatic carbocycles. The van der Waals surface area contributed by atoms with Gasteiger partial charge in [0.1, 0.15) is 6.61 Å². The van der Waals surface area contributed by atoms with Crippen LogP contribution in [0.3, 0.4) is 0 Å². The highest BCUT2D eigenvalue weighted by Crippen LogP contribution is 2.41. The molecule has 7 nitrogen and oxygen atoms in total. The first-order valence-corrected chi connectivity index (χ1v) is 7.88. The highest BCUT2D eigenvalue weighted by atomic mass is 17.2. The first-order chi connectivity index (χ1) is 12.1. The number of hydrogen-bond acceptors (Lipinski definition) is 6. The molecule has 25 heavy (non-hydrogen) atoms. The third-order valence-corrected chi connectivity index (χ3v) is 4.55. The molecule has 0 saturated heterocycles. The van der Waals surface area contributed by atoms with E-state index in [1.165, 1.54) is 0 Å². The van der Waals surface area contributed by atoms with Crippen molar-refractivity contribution in [3.8, 4) is 17.2 Å². The molecule has 2 aliphatic rings. The summed E-state index contributed by atoms with van der Waals surface area (Å²) in [5, 5.41) is 16.2. The van der Waals surface area contributed by atoms with Crippen LogP contribution in [0.2, 0.25) is 0 Å². The fraction of sp³-hybridized carbons (Fsp3) is 0.278. The summed E-state index contributed by atoms with van der Waals surface area (Å²) in [6.07, 6.45) is -0.623. The Morgan fingerprint density at radius 1 is 1.20 bits per heavy atom. The summed E-state index contributed by atoms with van der Waals surface area (Å²) in [5.74, 6) is 1.77. The molecule has 130 valence electrons. The van der Waals surface area contributed by atoms with Crippen molar-refractivity contribution in [2.45, 2.75) is 19.7 Å². The summed E-state index contributed by atoms with van der Waals surface area (Å²) in [4.78, 5) is 10.3. The molecule has 1 unspecified atom stereocenters. The molecule has 0 saturated carbocycles. The number of hydroxylamine groups is 1. The maximum absolute atomic E-state index is 12.9. The molecular formula is C18H18N2O5. The second kappa shape index (κ2) is 5.86. The lowest BCUT2D eigenvalue weighted by Crippen LogP contribution is -2.32. The normalized spacial score (nSPS) is 18.1. The minimum atomic E-state index is -0.623. The van der Waals surface area contributed by atoms with Crippen LogP contribution >= 0.6 is 0 Å². The van der Waals surface area contributed by atoms with Gasteiger partial charge in [0, 0.05) is 18.6 Å². The molecule has 0 aromatic heterocycles. The van der Waals surface area contributed by atoms with Gasteiger partial charge >= 0.3 is 0 Å². The Kier molecular flexibility index (Phi) is 3.65. The molecule has 1 atom stereocenters. The first-order valence-electron chi connectivity index (χ1n) is 7.88. The Hall–Kier alpha value is -2.93. The zero-order valence-electron chi connectivity index (χ0n) is 14.2. The standard InChI is InChI=1S/C18H18N2O5/c1-10-13-7-15(22-2)16(23-3)8-14(13)19-18(20(10)21)12-6-4-5-11-9-24-25-17(11)12/h4-8,18-19H,9H2,1-3H3. The SMILES string of the molecule is COc1cc2c(cc1OC)C(C)=[N+]([O-])C(c1cccc3c1OOC3)N2. The second-order valence-corrected chi connectivity index (χ2v) is 5.89. The highest BCUT2D eigenvalue weighted by molar-refractivity contribution is 6.02. The minimum absolute atomic E-state index is 0.374. The largest absolute Gasteiger partial charge is 0.622 e. The van der Waals surface area contributed by atoms with Gasteiger partial charge in [0.15, 0.2) is 23.0 Å². The molecular weight excluding hydrogens is 324 g/mol. The summed E-state index contributed by atoms with van der Waals surface area (Å²) in [6, 6.07) is 9.29. The summed E-state index contributed by atoms with van der Waals surface area (Å²) >= 11 is 0. The zero-order valence-corrected chi connectivity index (χ0v) is 14.2. The Morgan fingerprint density at radius 2 is 1.96 bits per heavy atom. The minimum Gasteiger partial charge on any atom is -0.622 e. The topological polar surface area (TPSA) is 75.0 Å². The van der Waals surface area contributed by atoms with Gasteiger partial charge in [-0.05, 0) is 12.1 Å². The number of nitrogens with one attached hydrogen (secondary N) is 1. The van der Waals surface area contributed by atoms with Gasteiger partial charge in [0.05, 0.1) is 31.0 Å². The molecule has 0 fully saturated rings. The molecule has 7 heteroatoms. The molecule has 0 aliphatic carbocycles. The van der Waals surface area contributed by atoms with E-state index < -0.39 is 6.17 Å². The van der Waals surface area contributed by atoms with Crippen LogP contribution in [0.25, 0.3) is 0 Å². The first kappa shape index (κ1) is 15.6. The van der Waals surface area contributed by atoms with Crippen molar-refractivity contribution < 1.29 is 24.0 Å². The van der Waals surface area contributed by atoms with E-state index in [1.54, 1.807) is 27.2 Å². The van der Waals surface area contributed by atoms with Crippen molar-refractivity contribution in [1.82, 2.24) is 0 Å². The summed E-state index contributed by atoms with van der Waals surface area (Å²) in [7, 11) is 3.15. The number of methoxy groups -OCH3 is 2. The Labute approximate surface area is 144 Å². The molecule has 4 rings (SSSR count). The Bertz CT molecular complexity index is 878. The maximum Gasteiger partial charge on any atom is 0.266 e. The monoisotopic (exact) mass is 342 g/mol. The van der Waals surface area contributed by atoms with E-state index in [2.05, 4.69) is 5.32 Å². The van der Waals surface area contributed by atoms with E-state index >= 15 is 0 Å². The number of hydrogen-bond donors (Lipinski definition) is 1. The third kappa shape index (κ3) is 2.35. The van der Waals surface area contributed by atoms with E-state index in [1.807, 2.05) is 24.3 Å². The van der Waals surface area contributed by atoms with Gasteiger partial charge in [-0.15, -0.1) is 0 Å². The quantitative estimate of drug-likeness (QED) is 0.525. The van der Waals surface area contributed by atoms with Gasteiger partial charge in [0.2, 0.25) is 0 Å². The van der Waals surface area contributed by atoms with Crippen molar-refractivity contribution in [3.05, 3.63) is 52.2 Å². The van der Waals surface area contributed by atoms with Crippen molar-refractivity contribution in [3.63, 3.8) is 0 Å². The molecule has 0 radical (unpaired) electrons. The summed E-state index contributed by atoms with van der Waals surface area (Å²) < 4.78 is 11.6. The van der Waals surface area contributed by atoms with Gasteiger partial charge in [-0.1, -0.05) is 12.1 Å². The van der Waals surface area contributed by atoms with Crippen LogP contribution in [0.1, 0.15) is 29.8 Å². The molecule has 0 amide bonds. The van der Waals surface area contributed by atoms with Crippen LogP contribution in [0.4, 0.5) is 5.69 Å². The number of anilines is 1. The molecule has 2 heterocycles. The predicted octanol–water partition coefficient (Wildman–Crippen LogP) is 2.97. The molecule has 2 aliphatic heterocycles. The third-order valence-electron chi connectivity index (χ3n) is 4.55. The van der Waals surface area contributed by atoms with Crippen molar-refractivity contribution in [2.24, 2.45) is 0 Å². The van der Waals surface area contributed by atoms with Gasteiger partial charge in [-0.3, -0.25) is 0 Å². The van der Waals surface area contributed by atoms with Crippen LogP contribution in [-0.2, 0) is 11.5 Å². The number of fused-ring (bicyclic) bond motifs is 2. The maximum atomic E-state index is 12.9. The lowest BCUT2D eigenvalue weighted by molar-refractivity contribution is -0.501.